The molecule has 0 bridgehead atoms. The minimum atomic E-state index is -0.482. The zero-order valence-corrected chi connectivity index (χ0v) is 15.0. The van der Waals surface area contributed by atoms with Crippen molar-refractivity contribution in [2.24, 2.45) is 0 Å². The van der Waals surface area contributed by atoms with E-state index in [0.29, 0.717) is 22.7 Å². The number of hydrogen-bond acceptors (Lipinski definition) is 4. The van der Waals surface area contributed by atoms with Gasteiger partial charge in [0.05, 0.1) is 23.6 Å². The summed E-state index contributed by atoms with van der Waals surface area (Å²) in [5.74, 6) is -0.641. The summed E-state index contributed by atoms with van der Waals surface area (Å²) < 4.78 is 4.74. The molecule has 1 unspecified atom stereocenters. The van der Waals surface area contributed by atoms with Crippen molar-refractivity contribution in [2.45, 2.75) is 23.5 Å². The molecule has 0 heterocycles. The van der Waals surface area contributed by atoms with Crippen LogP contribution in [-0.4, -0.2) is 24.2 Å². The monoisotopic (exact) mass is 363 g/mol. The van der Waals surface area contributed by atoms with Gasteiger partial charge in [-0.3, -0.25) is 4.79 Å². The van der Waals surface area contributed by atoms with Crippen molar-refractivity contribution in [1.29, 1.82) is 0 Å². The molecule has 0 saturated heterocycles. The molecule has 0 saturated carbocycles. The molecular formula is C18H18ClNO3S. The second-order valence-electron chi connectivity index (χ2n) is 5.00. The van der Waals surface area contributed by atoms with Crippen LogP contribution in [0, 0.1) is 0 Å². The highest BCUT2D eigenvalue weighted by molar-refractivity contribution is 8.00. The number of nitrogens with one attached hydrogen (secondary N) is 1. The molecule has 2 rings (SSSR count). The smallest absolute Gasteiger partial charge is 0.339 e. The summed E-state index contributed by atoms with van der Waals surface area (Å²) in [6.07, 6.45) is 0.652. The van der Waals surface area contributed by atoms with Crippen LogP contribution in [0.25, 0.3) is 0 Å². The summed E-state index contributed by atoms with van der Waals surface area (Å²) in [4.78, 5) is 25.3. The number of carbonyl (C=O) groups excluding carboxylic acids is 2. The number of amides is 1. The van der Waals surface area contributed by atoms with Gasteiger partial charge >= 0.3 is 5.97 Å². The van der Waals surface area contributed by atoms with E-state index in [1.54, 1.807) is 36.4 Å². The number of hydrogen-bond donors (Lipinski definition) is 1. The Kier molecular flexibility index (Phi) is 6.70. The van der Waals surface area contributed by atoms with Gasteiger partial charge in [0, 0.05) is 9.92 Å². The number of para-hydroxylation sites is 1. The van der Waals surface area contributed by atoms with Crippen LogP contribution in [0.5, 0.6) is 0 Å². The summed E-state index contributed by atoms with van der Waals surface area (Å²) in [5.41, 5.74) is 0.782. The van der Waals surface area contributed by atoms with Crippen LogP contribution in [0.3, 0.4) is 0 Å². The first-order valence-corrected chi connectivity index (χ1v) is 8.71. The maximum Gasteiger partial charge on any atom is 0.339 e. The number of ether oxygens (including phenoxy) is 1. The van der Waals surface area contributed by atoms with Crippen molar-refractivity contribution < 1.29 is 14.3 Å². The SMILES string of the molecule is CCC(Sc1ccc(Cl)cc1)C(=O)Nc1ccccc1C(=O)OC. The molecule has 4 nitrogen and oxygen atoms in total. The Bertz CT molecular complexity index is 718. The Morgan fingerprint density at radius 1 is 1.17 bits per heavy atom. The third kappa shape index (κ3) is 4.76. The minimum Gasteiger partial charge on any atom is -0.465 e. The topological polar surface area (TPSA) is 55.4 Å². The maximum atomic E-state index is 12.6. The fraction of sp³-hybridized carbons (Fsp3) is 0.222. The van der Waals surface area contributed by atoms with Crippen molar-refractivity contribution in [3.05, 3.63) is 59.1 Å². The van der Waals surface area contributed by atoms with Gasteiger partial charge in [-0.2, -0.15) is 0 Å². The van der Waals surface area contributed by atoms with Crippen molar-refractivity contribution in [3.8, 4) is 0 Å². The van der Waals surface area contributed by atoms with Crippen molar-refractivity contribution in [1.82, 2.24) is 0 Å². The molecule has 2 aromatic carbocycles. The van der Waals surface area contributed by atoms with E-state index in [2.05, 4.69) is 5.32 Å². The molecule has 1 atom stereocenters. The van der Waals surface area contributed by atoms with E-state index in [1.165, 1.54) is 18.9 Å². The average molecular weight is 364 g/mol. The van der Waals surface area contributed by atoms with Gasteiger partial charge in [0.25, 0.3) is 0 Å². The Morgan fingerprint density at radius 2 is 1.83 bits per heavy atom. The molecule has 0 spiro atoms. The highest BCUT2D eigenvalue weighted by Crippen LogP contribution is 2.28. The van der Waals surface area contributed by atoms with Gasteiger partial charge in [0.1, 0.15) is 0 Å². The second kappa shape index (κ2) is 8.76. The first kappa shape index (κ1) is 18.4. The average Bonchev–Trinajstić information content (AvgIpc) is 2.61. The lowest BCUT2D eigenvalue weighted by molar-refractivity contribution is -0.115. The van der Waals surface area contributed by atoms with E-state index in [0.717, 1.165) is 4.90 Å². The van der Waals surface area contributed by atoms with E-state index < -0.39 is 5.97 Å². The lowest BCUT2D eigenvalue weighted by atomic mass is 10.1. The summed E-state index contributed by atoms with van der Waals surface area (Å²) in [6.45, 7) is 1.94. The summed E-state index contributed by atoms with van der Waals surface area (Å²) >= 11 is 7.34. The number of halogens is 1. The normalized spacial score (nSPS) is 11.6. The van der Waals surface area contributed by atoms with E-state index in [4.69, 9.17) is 16.3 Å². The van der Waals surface area contributed by atoms with E-state index in [9.17, 15) is 9.59 Å². The van der Waals surface area contributed by atoms with E-state index in [1.807, 2.05) is 19.1 Å². The molecule has 0 fully saturated rings. The molecule has 0 aliphatic carbocycles. The highest BCUT2D eigenvalue weighted by atomic mass is 35.5. The third-order valence-corrected chi connectivity index (χ3v) is 4.97. The van der Waals surface area contributed by atoms with Crippen LogP contribution < -0.4 is 5.32 Å². The molecule has 1 N–H and O–H groups in total. The number of anilines is 1. The molecule has 126 valence electrons. The molecule has 6 heteroatoms. The van der Waals surface area contributed by atoms with Crippen LogP contribution in [0.1, 0.15) is 23.7 Å². The van der Waals surface area contributed by atoms with Gasteiger partial charge in [-0.05, 0) is 42.8 Å². The van der Waals surface area contributed by atoms with Gasteiger partial charge in [-0.25, -0.2) is 4.79 Å². The zero-order chi connectivity index (χ0) is 17.5. The number of methoxy groups -OCH3 is 1. The van der Waals surface area contributed by atoms with Gasteiger partial charge in [-0.1, -0.05) is 30.7 Å². The first-order valence-electron chi connectivity index (χ1n) is 7.45. The number of benzene rings is 2. The first-order chi connectivity index (χ1) is 11.5. The van der Waals surface area contributed by atoms with E-state index in [-0.39, 0.29) is 11.2 Å². The van der Waals surface area contributed by atoms with Gasteiger partial charge in [0.2, 0.25) is 5.91 Å². The molecule has 1 amide bonds. The van der Waals surface area contributed by atoms with Crippen molar-refractivity contribution in [3.63, 3.8) is 0 Å². The predicted octanol–water partition coefficient (Wildman–Crippen LogP) is 4.64. The maximum absolute atomic E-state index is 12.6. The summed E-state index contributed by atoms with van der Waals surface area (Å²) in [5, 5.41) is 3.20. The number of rotatable bonds is 6. The molecule has 2 aromatic rings. The van der Waals surface area contributed by atoms with Crippen LogP contribution in [0.2, 0.25) is 5.02 Å². The van der Waals surface area contributed by atoms with Crippen LogP contribution in [-0.2, 0) is 9.53 Å². The third-order valence-electron chi connectivity index (χ3n) is 3.35. The molecular weight excluding hydrogens is 346 g/mol. The van der Waals surface area contributed by atoms with Gasteiger partial charge in [0.15, 0.2) is 0 Å². The molecule has 0 radical (unpaired) electrons. The number of esters is 1. The van der Waals surface area contributed by atoms with E-state index >= 15 is 0 Å². The quantitative estimate of drug-likeness (QED) is 0.600. The Hall–Kier alpha value is -1.98. The number of thioether (sulfide) groups is 1. The summed E-state index contributed by atoms with van der Waals surface area (Å²) in [6, 6.07) is 14.1. The zero-order valence-electron chi connectivity index (χ0n) is 13.4. The fourth-order valence-corrected chi connectivity index (χ4v) is 3.17. The van der Waals surface area contributed by atoms with Gasteiger partial charge < -0.3 is 10.1 Å². The lowest BCUT2D eigenvalue weighted by Crippen LogP contribution is -2.25. The van der Waals surface area contributed by atoms with Crippen LogP contribution in [0.15, 0.2) is 53.4 Å². The molecule has 0 aliphatic heterocycles. The lowest BCUT2D eigenvalue weighted by Gasteiger charge is -2.16. The number of carbonyl (C=O) groups is 2. The summed E-state index contributed by atoms with van der Waals surface area (Å²) in [7, 11) is 1.31. The second-order valence-corrected chi connectivity index (χ2v) is 6.71. The Balaban J connectivity index is 2.12. The Labute approximate surface area is 150 Å². The van der Waals surface area contributed by atoms with Crippen molar-refractivity contribution >= 4 is 40.9 Å². The van der Waals surface area contributed by atoms with Crippen LogP contribution in [0.4, 0.5) is 5.69 Å². The predicted molar refractivity (Wildman–Crippen MR) is 97.8 cm³/mol. The molecule has 0 aliphatic rings. The minimum absolute atomic E-state index is 0.159. The Morgan fingerprint density at radius 3 is 2.46 bits per heavy atom. The standard InChI is InChI=1S/C18H18ClNO3S/c1-3-16(24-13-10-8-12(19)9-11-13)17(21)20-15-7-5-4-6-14(15)18(22)23-2/h4-11,16H,3H2,1-2H3,(H,20,21). The largest absolute Gasteiger partial charge is 0.465 e. The molecule has 24 heavy (non-hydrogen) atoms. The van der Waals surface area contributed by atoms with Gasteiger partial charge in [-0.15, -0.1) is 11.8 Å². The molecule has 0 aromatic heterocycles. The van der Waals surface area contributed by atoms with Crippen LogP contribution >= 0.6 is 23.4 Å². The highest BCUT2D eigenvalue weighted by Gasteiger charge is 2.20. The van der Waals surface area contributed by atoms with Crippen molar-refractivity contribution in [2.75, 3.05) is 12.4 Å². The fourth-order valence-electron chi connectivity index (χ4n) is 2.09.